The van der Waals surface area contributed by atoms with Crippen LogP contribution < -0.4 is 10.5 Å². The first-order valence-electron chi connectivity index (χ1n) is 5.62. The Labute approximate surface area is 100 Å². The molecule has 2 rings (SSSR count). The second kappa shape index (κ2) is 5.01. The number of hydrogen-bond acceptors (Lipinski definition) is 4. The molecule has 0 amide bonds. The molecular formula is C13H16N2O2. The van der Waals surface area contributed by atoms with Gasteiger partial charge in [-0.3, -0.25) is 0 Å². The maximum atomic E-state index is 5.57. The lowest BCUT2D eigenvalue weighted by Gasteiger charge is -2.09. The van der Waals surface area contributed by atoms with Gasteiger partial charge in [-0.15, -0.1) is 0 Å². The van der Waals surface area contributed by atoms with Crippen molar-refractivity contribution < 1.29 is 9.26 Å². The molecular weight excluding hydrogens is 216 g/mol. The van der Waals surface area contributed by atoms with Crippen LogP contribution in [-0.2, 0) is 6.54 Å². The maximum absolute atomic E-state index is 5.57. The Morgan fingerprint density at radius 3 is 2.53 bits per heavy atom. The molecule has 17 heavy (non-hydrogen) atoms. The van der Waals surface area contributed by atoms with Crippen molar-refractivity contribution >= 4 is 0 Å². The Morgan fingerprint density at radius 1 is 1.29 bits per heavy atom. The van der Waals surface area contributed by atoms with E-state index in [1.54, 1.807) is 0 Å². The lowest BCUT2D eigenvalue weighted by molar-refractivity contribution is 0.242. The van der Waals surface area contributed by atoms with Crippen LogP contribution in [0.2, 0.25) is 0 Å². The lowest BCUT2D eigenvalue weighted by Crippen LogP contribution is -2.05. The topological polar surface area (TPSA) is 61.3 Å². The van der Waals surface area contributed by atoms with E-state index in [0.29, 0.717) is 6.54 Å². The van der Waals surface area contributed by atoms with Crippen molar-refractivity contribution in [3.63, 3.8) is 0 Å². The summed E-state index contributed by atoms with van der Waals surface area (Å²) in [5.74, 6) is 1.57. The Kier molecular flexibility index (Phi) is 3.44. The second-order valence-electron chi connectivity index (χ2n) is 4.08. The molecule has 1 aromatic carbocycles. The molecule has 0 aliphatic carbocycles. The molecule has 2 N–H and O–H groups in total. The van der Waals surface area contributed by atoms with Crippen molar-refractivity contribution in [1.82, 2.24) is 5.16 Å². The van der Waals surface area contributed by atoms with E-state index in [9.17, 15) is 0 Å². The Balaban J connectivity index is 2.17. The van der Waals surface area contributed by atoms with Crippen LogP contribution >= 0.6 is 0 Å². The first kappa shape index (κ1) is 11.7. The minimum absolute atomic E-state index is 0.176. The van der Waals surface area contributed by atoms with Crippen molar-refractivity contribution in [3.8, 4) is 17.1 Å². The van der Waals surface area contributed by atoms with Crippen LogP contribution in [0.5, 0.6) is 5.75 Å². The first-order valence-corrected chi connectivity index (χ1v) is 5.62. The normalized spacial score (nSPS) is 10.8. The molecule has 0 saturated heterocycles. The predicted octanol–water partition coefficient (Wildman–Crippen LogP) is 2.59. The third-order valence-electron chi connectivity index (χ3n) is 2.28. The SMILES string of the molecule is CC(C)Oc1ccc(-c2cc(CN)no2)cc1. The summed E-state index contributed by atoms with van der Waals surface area (Å²) in [4.78, 5) is 0. The van der Waals surface area contributed by atoms with Crippen molar-refractivity contribution in [3.05, 3.63) is 36.0 Å². The summed E-state index contributed by atoms with van der Waals surface area (Å²) >= 11 is 0. The van der Waals surface area contributed by atoms with Gasteiger partial charge in [0.05, 0.1) is 11.8 Å². The minimum atomic E-state index is 0.176. The number of hydrogen-bond donors (Lipinski definition) is 1. The van der Waals surface area contributed by atoms with E-state index in [1.165, 1.54) is 0 Å². The molecule has 90 valence electrons. The smallest absolute Gasteiger partial charge is 0.167 e. The summed E-state index contributed by atoms with van der Waals surface area (Å²) in [5.41, 5.74) is 7.20. The largest absolute Gasteiger partial charge is 0.491 e. The maximum Gasteiger partial charge on any atom is 0.167 e. The molecule has 1 heterocycles. The van der Waals surface area contributed by atoms with Crippen LogP contribution in [0.25, 0.3) is 11.3 Å². The number of aromatic nitrogens is 1. The van der Waals surface area contributed by atoms with Gasteiger partial charge in [0.1, 0.15) is 5.75 Å². The highest BCUT2D eigenvalue weighted by Crippen LogP contribution is 2.23. The van der Waals surface area contributed by atoms with Crippen molar-refractivity contribution in [2.75, 3.05) is 0 Å². The van der Waals surface area contributed by atoms with Gasteiger partial charge < -0.3 is 15.0 Å². The van der Waals surface area contributed by atoms with Gasteiger partial charge in [-0.05, 0) is 38.1 Å². The van der Waals surface area contributed by atoms with Crippen molar-refractivity contribution in [2.24, 2.45) is 5.73 Å². The third-order valence-corrected chi connectivity index (χ3v) is 2.28. The van der Waals surface area contributed by atoms with Gasteiger partial charge in [-0.1, -0.05) is 5.16 Å². The number of ether oxygens (including phenoxy) is 1. The zero-order chi connectivity index (χ0) is 12.3. The lowest BCUT2D eigenvalue weighted by atomic mass is 10.1. The molecule has 2 aromatic rings. The van der Waals surface area contributed by atoms with E-state index >= 15 is 0 Å². The quantitative estimate of drug-likeness (QED) is 0.880. The van der Waals surface area contributed by atoms with Crippen LogP contribution in [0, 0.1) is 0 Å². The fourth-order valence-corrected chi connectivity index (χ4v) is 1.51. The average Bonchev–Trinajstić information content (AvgIpc) is 2.78. The van der Waals surface area contributed by atoms with Crippen LogP contribution in [0.3, 0.4) is 0 Å². The summed E-state index contributed by atoms with van der Waals surface area (Å²) in [5, 5.41) is 3.85. The molecule has 1 aromatic heterocycles. The summed E-state index contributed by atoms with van der Waals surface area (Å²) in [7, 11) is 0. The molecule has 4 nitrogen and oxygen atoms in total. The molecule has 4 heteroatoms. The highest BCUT2D eigenvalue weighted by atomic mass is 16.5. The summed E-state index contributed by atoms with van der Waals surface area (Å²) in [6.45, 7) is 4.38. The van der Waals surface area contributed by atoms with Crippen LogP contribution in [0.4, 0.5) is 0 Å². The van der Waals surface area contributed by atoms with E-state index in [2.05, 4.69) is 5.16 Å². The highest BCUT2D eigenvalue weighted by molar-refractivity contribution is 5.58. The van der Waals surface area contributed by atoms with Crippen LogP contribution in [-0.4, -0.2) is 11.3 Å². The zero-order valence-electron chi connectivity index (χ0n) is 10.0. The molecule has 0 fully saturated rings. The summed E-state index contributed by atoms with van der Waals surface area (Å²) in [6, 6.07) is 9.56. The van der Waals surface area contributed by atoms with E-state index in [0.717, 1.165) is 22.8 Å². The standard InChI is InChI=1S/C13H16N2O2/c1-9(2)16-12-5-3-10(4-6-12)13-7-11(8-14)15-17-13/h3-7,9H,8,14H2,1-2H3. The number of nitrogens with two attached hydrogens (primary N) is 1. The summed E-state index contributed by atoms with van der Waals surface area (Å²) in [6.07, 6.45) is 0.176. The monoisotopic (exact) mass is 232 g/mol. The molecule has 0 aliphatic rings. The van der Waals surface area contributed by atoms with Crippen LogP contribution in [0.1, 0.15) is 19.5 Å². The zero-order valence-corrected chi connectivity index (χ0v) is 10.0. The number of rotatable bonds is 4. The number of benzene rings is 1. The van der Waals surface area contributed by atoms with Gasteiger partial charge in [0.2, 0.25) is 0 Å². The molecule has 0 radical (unpaired) electrons. The van der Waals surface area contributed by atoms with E-state index in [4.69, 9.17) is 15.0 Å². The number of nitrogens with zero attached hydrogens (tertiary/aromatic N) is 1. The molecule has 0 aliphatic heterocycles. The highest BCUT2D eigenvalue weighted by Gasteiger charge is 2.06. The van der Waals surface area contributed by atoms with E-state index in [1.807, 2.05) is 44.2 Å². The van der Waals surface area contributed by atoms with Gasteiger partial charge >= 0.3 is 0 Å². The van der Waals surface area contributed by atoms with Gasteiger partial charge in [-0.2, -0.15) is 0 Å². The first-order chi connectivity index (χ1) is 8.19. The van der Waals surface area contributed by atoms with Gasteiger partial charge in [0.25, 0.3) is 0 Å². The van der Waals surface area contributed by atoms with Gasteiger partial charge in [0.15, 0.2) is 5.76 Å². The molecule has 0 saturated carbocycles. The molecule has 0 spiro atoms. The second-order valence-corrected chi connectivity index (χ2v) is 4.08. The van der Waals surface area contributed by atoms with Crippen molar-refractivity contribution in [1.29, 1.82) is 0 Å². The van der Waals surface area contributed by atoms with E-state index in [-0.39, 0.29) is 6.10 Å². The van der Waals surface area contributed by atoms with Crippen LogP contribution in [0.15, 0.2) is 34.9 Å². The average molecular weight is 232 g/mol. The predicted molar refractivity (Wildman–Crippen MR) is 65.6 cm³/mol. The Morgan fingerprint density at radius 2 is 2.00 bits per heavy atom. The molecule has 0 bridgehead atoms. The summed E-state index contributed by atoms with van der Waals surface area (Å²) < 4.78 is 10.8. The molecule has 0 unspecified atom stereocenters. The fraction of sp³-hybridized carbons (Fsp3) is 0.308. The fourth-order valence-electron chi connectivity index (χ4n) is 1.51. The Bertz CT molecular complexity index is 474. The Hall–Kier alpha value is -1.81. The third kappa shape index (κ3) is 2.85. The molecule has 0 atom stereocenters. The van der Waals surface area contributed by atoms with E-state index < -0.39 is 0 Å². The van der Waals surface area contributed by atoms with Gasteiger partial charge in [0, 0.05) is 18.2 Å². The minimum Gasteiger partial charge on any atom is -0.491 e. The van der Waals surface area contributed by atoms with Crippen molar-refractivity contribution in [2.45, 2.75) is 26.5 Å². The van der Waals surface area contributed by atoms with Gasteiger partial charge in [-0.25, -0.2) is 0 Å².